The van der Waals surface area contributed by atoms with Gasteiger partial charge in [0.2, 0.25) is 5.91 Å². The highest BCUT2D eigenvalue weighted by Gasteiger charge is 2.27. The van der Waals surface area contributed by atoms with Gasteiger partial charge < -0.3 is 28.5 Å². The molecule has 10 heteroatoms. The van der Waals surface area contributed by atoms with Crippen molar-refractivity contribution in [2.75, 3.05) is 40.9 Å². The maximum atomic E-state index is 13.5. The number of nitrogens with zero attached hydrogens (tertiary/aromatic N) is 1. The topological polar surface area (TPSA) is 114 Å². The first-order valence-electron chi connectivity index (χ1n) is 32.4. The van der Waals surface area contributed by atoms with Gasteiger partial charge in [0, 0.05) is 12.8 Å². The Kier molecular flexibility index (Phi) is 55.4. The second-order valence-corrected chi connectivity index (χ2v) is 24.3. The van der Waals surface area contributed by atoms with E-state index in [-0.39, 0.29) is 24.9 Å². The molecule has 3 atom stereocenters. The lowest BCUT2D eigenvalue weighted by molar-refractivity contribution is -0.870. The minimum Gasteiger partial charge on any atom is -0.756 e. The van der Waals surface area contributed by atoms with E-state index in [1.165, 1.54) is 128 Å². The molecule has 0 aromatic rings. The van der Waals surface area contributed by atoms with Crippen molar-refractivity contribution in [2.24, 2.45) is 0 Å². The van der Waals surface area contributed by atoms with Gasteiger partial charge >= 0.3 is 5.97 Å². The van der Waals surface area contributed by atoms with Gasteiger partial charge in [-0.15, -0.1) is 0 Å². The molecule has 0 aromatic heterocycles. The van der Waals surface area contributed by atoms with E-state index >= 15 is 0 Å². The van der Waals surface area contributed by atoms with Gasteiger partial charge in [0.05, 0.1) is 33.8 Å². The molecule has 0 saturated carbocycles. The van der Waals surface area contributed by atoms with Crippen LogP contribution in [0.5, 0.6) is 0 Å². The van der Waals surface area contributed by atoms with E-state index in [0.29, 0.717) is 17.4 Å². The molecular weight excluding hydrogens is 988 g/mol. The lowest BCUT2D eigenvalue weighted by Crippen LogP contribution is -2.47. The highest BCUT2D eigenvalue weighted by molar-refractivity contribution is 7.45. The predicted octanol–water partition coefficient (Wildman–Crippen LogP) is 19.5. The number of quaternary nitrogens is 1. The second kappa shape index (κ2) is 57.4. The normalized spacial score (nSPS) is 14.2. The van der Waals surface area contributed by atoms with Gasteiger partial charge in [0.15, 0.2) is 0 Å². The molecule has 0 spiro atoms. The van der Waals surface area contributed by atoms with Crippen LogP contribution in [-0.4, -0.2) is 69.4 Å². The zero-order chi connectivity index (χ0) is 57.2. The van der Waals surface area contributed by atoms with Crippen LogP contribution in [0.4, 0.5) is 0 Å². The number of hydrogen-bond donors (Lipinski definition) is 1. The average Bonchev–Trinajstić information content (AvgIpc) is 3.41. The number of phosphoric acid groups is 1. The van der Waals surface area contributed by atoms with Gasteiger partial charge in [-0.3, -0.25) is 14.2 Å². The Balaban J connectivity index is 5.13. The second-order valence-electron chi connectivity index (χ2n) is 22.9. The fourth-order valence-corrected chi connectivity index (χ4v) is 9.80. The molecule has 0 saturated heterocycles. The molecule has 0 bridgehead atoms. The van der Waals surface area contributed by atoms with Gasteiger partial charge in [0.1, 0.15) is 19.3 Å². The number of hydrogen-bond acceptors (Lipinski definition) is 7. The lowest BCUT2D eigenvalue weighted by Gasteiger charge is -2.30. The molecule has 1 N–H and O–H groups in total. The number of nitrogens with one attached hydrogen (secondary N) is 1. The summed E-state index contributed by atoms with van der Waals surface area (Å²) in [7, 11) is 1.17. The van der Waals surface area contributed by atoms with E-state index in [2.05, 4.69) is 99.0 Å². The Hall–Kier alpha value is -2.81. The number of ether oxygens (including phenoxy) is 1. The molecule has 0 aromatic carbocycles. The van der Waals surface area contributed by atoms with Crippen LogP contribution < -0.4 is 10.2 Å². The largest absolute Gasteiger partial charge is 0.756 e. The van der Waals surface area contributed by atoms with Crippen molar-refractivity contribution in [2.45, 2.75) is 296 Å². The lowest BCUT2D eigenvalue weighted by atomic mass is 10.0. The van der Waals surface area contributed by atoms with Crippen LogP contribution in [-0.2, 0) is 27.9 Å². The van der Waals surface area contributed by atoms with Crippen molar-refractivity contribution >= 4 is 19.7 Å². The Morgan fingerprint density at radius 3 is 1.24 bits per heavy atom. The minimum atomic E-state index is -4.70. The third-order valence-electron chi connectivity index (χ3n) is 14.1. The Bertz CT molecular complexity index is 1610. The first-order valence-corrected chi connectivity index (χ1v) is 33.9. The molecule has 0 fully saturated rings. The number of rotatable bonds is 58. The zero-order valence-electron chi connectivity index (χ0n) is 51.6. The number of likely N-dealkylation sites (N-methyl/N-ethyl adjacent to an activating group) is 1. The summed E-state index contributed by atoms with van der Waals surface area (Å²) in [6, 6.07) is -0.898. The quantitative estimate of drug-likeness (QED) is 0.0212. The van der Waals surface area contributed by atoms with Crippen molar-refractivity contribution in [3.63, 3.8) is 0 Å². The van der Waals surface area contributed by atoms with Crippen LogP contribution in [0.15, 0.2) is 85.1 Å². The Morgan fingerprint density at radius 2 is 0.821 bits per heavy atom. The monoisotopic (exact) mass is 1110 g/mol. The van der Waals surface area contributed by atoms with Crippen molar-refractivity contribution in [3.8, 4) is 0 Å². The summed E-state index contributed by atoms with van der Waals surface area (Å²) in [5.41, 5.74) is 0. The molecule has 0 aliphatic rings. The van der Waals surface area contributed by atoms with E-state index in [0.717, 1.165) is 122 Å². The number of esters is 1. The van der Waals surface area contributed by atoms with Crippen LogP contribution in [0.3, 0.4) is 0 Å². The molecule has 0 aliphatic heterocycles. The fourth-order valence-electron chi connectivity index (χ4n) is 9.07. The van der Waals surface area contributed by atoms with E-state index in [4.69, 9.17) is 13.8 Å². The molecule has 0 radical (unpaired) electrons. The third kappa shape index (κ3) is 57.9. The summed E-state index contributed by atoms with van der Waals surface area (Å²) in [6.45, 7) is 6.72. The first-order chi connectivity index (χ1) is 37.9. The molecule has 0 rings (SSSR count). The third-order valence-corrected chi connectivity index (χ3v) is 15.0. The standard InChI is InChI=1S/C68H123N2O7P/c1-7-10-13-16-19-22-25-27-29-31-32-33-34-35-36-37-38-39-41-43-46-49-52-55-58-61-68(72)77-66(59-56-53-50-47-44-24-21-18-15-12-9-3)65(64-76-78(73,74)75-63-62-70(4,5)6)69-67(71)60-57-54-51-48-45-42-40-30-28-26-23-20-17-14-11-8-2/h10,13,19,22,27,29-30,32-33,35-36,40,56,59,65-66H,7-9,11-12,14-18,20-21,23-26,28,31,34,37-39,41-55,57-58,60-64H2,1-6H3,(H-,69,71,73,74)/b13-10-,22-19-,29-27-,33-32-,36-35-,40-30+,59-56-. The Morgan fingerprint density at radius 1 is 0.462 bits per heavy atom. The summed E-state index contributed by atoms with van der Waals surface area (Å²) in [4.78, 5) is 40.0. The van der Waals surface area contributed by atoms with E-state index in [1.807, 2.05) is 33.3 Å². The maximum Gasteiger partial charge on any atom is 0.306 e. The van der Waals surface area contributed by atoms with Gasteiger partial charge in [-0.05, 0) is 102 Å². The predicted molar refractivity (Wildman–Crippen MR) is 335 cm³/mol. The summed E-state index contributed by atoms with van der Waals surface area (Å²) in [5.74, 6) is -0.557. The Labute approximate surface area is 482 Å². The smallest absolute Gasteiger partial charge is 0.306 e. The van der Waals surface area contributed by atoms with Crippen LogP contribution in [0.25, 0.3) is 0 Å². The summed E-state index contributed by atoms with van der Waals surface area (Å²) in [5, 5.41) is 3.02. The number of carbonyl (C=O) groups excluding carboxylic acids is 2. The molecule has 3 unspecified atom stereocenters. The number of carbonyl (C=O) groups is 2. The number of unbranched alkanes of at least 4 members (excludes halogenated alkanes) is 30. The molecule has 0 heterocycles. The molecular formula is C68H123N2O7P. The van der Waals surface area contributed by atoms with Gasteiger partial charge in [0.25, 0.3) is 7.82 Å². The van der Waals surface area contributed by atoms with Crippen LogP contribution in [0.1, 0.15) is 284 Å². The van der Waals surface area contributed by atoms with Gasteiger partial charge in [-0.25, -0.2) is 0 Å². The van der Waals surface area contributed by atoms with Gasteiger partial charge in [-0.2, -0.15) is 0 Å². The summed E-state index contributed by atoms with van der Waals surface area (Å²) in [6.07, 6.45) is 75.5. The average molecular weight is 1110 g/mol. The van der Waals surface area contributed by atoms with Crippen molar-refractivity contribution in [1.82, 2.24) is 5.32 Å². The summed E-state index contributed by atoms with van der Waals surface area (Å²) < 4.78 is 30.3. The minimum absolute atomic E-state index is 0.0274. The van der Waals surface area contributed by atoms with E-state index in [9.17, 15) is 19.0 Å². The maximum absolute atomic E-state index is 13.5. The molecule has 78 heavy (non-hydrogen) atoms. The highest BCUT2D eigenvalue weighted by Crippen LogP contribution is 2.38. The SMILES string of the molecule is CC/C=C\C/C=C\C/C=C\C/C=C\C/C=C\CCCCCCCCCCCC(=O)OC(/C=C\CCCCCCCCCCC)C(COP(=O)([O-])OCC[N+](C)(C)C)NC(=O)CCCCCCC/C=C/CCCCCCCCC. The summed E-state index contributed by atoms with van der Waals surface area (Å²) >= 11 is 0. The van der Waals surface area contributed by atoms with Crippen molar-refractivity contribution in [3.05, 3.63) is 85.1 Å². The van der Waals surface area contributed by atoms with Gasteiger partial charge in [-0.1, -0.05) is 254 Å². The molecule has 9 nitrogen and oxygen atoms in total. The zero-order valence-corrected chi connectivity index (χ0v) is 52.5. The van der Waals surface area contributed by atoms with Crippen LogP contribution in [0.2, 0.25) is 0 Å². The highest BCUT2D eigenvalue weighted by atomic mass is 31.2. The molecule has 0 aliphatic carbocycles. The van der Waals surface area contributed by atoms with E-state index in [1.54, 1.807) is 0 Å². The number of amides is 1. The fraction of sp³-hybridized carbons (Fsp3) is 0.765. The number of phosphoric ester groups is 1. The molecule has 1 amide bonds. The first kappa shape index (κ1) is 75.2. The number of allylic oxidation sites excluding steroid dienone is 13. The molecule has 452 valence electrons. The van der Waals surface area contributed by atoms with Crippen molar-refractivity contribution < 1.29 is 37.3 Å². The van der Waals surface area contributed by atoms with E-state index < -0.39 is 26.6 Å². The van der Waals surface area contributed by atoms with Crippen LogP contribution in [0, 0.1) is 0 Å². The van der Waals surface area contributed by atoms with Crippen molar-refractivity contribution in [1.29, 1.82) is 0 Å². The van der Waals surface area contributed by atoms with Crippen LogP contribution >= 0.6 is 7.82 Å².